The third-order valence-corrected chi connectivity index (χ3v) is 6.76. The third kappa shape index (κ3) is 2.75. The zero-order chi connectivity index (χ0) is 18.3. The monoisotopic (exact) mass is 377 g/mol. The molecule has 0 fully saturated rings. The van der Waals surface area contributed by atoms with Gasteiger partial charge in [0.1, 0.15) is 0 Å². The average molecular weight is 377 g/mol. The molecule has 0 radical (unpaired) electrons. The van der Waals surface area contributed by atoms with E-state index in [-0.39, 0.29) is 31.3 Å². The number of sulfonamides is 1. The summed E-state index contributed by atoms with van der Waals surface area (Å²) >= 11 is 0. The van der Waals surface area contributed by atoms with Crippen molar-refractivity contribution in [3.63, 3.8) is 0 Å². The number of hydrogen-bond acceptors (Lipinski definition) is 6. The second-order valence-electron chi connectivity index (χ2n) is 6.28. The molecule has 2 N–H and O–H groups in total. The highest BCUT2D eigenvalue weighted by atomic mass is 32.2. The predicted molar refractivity (Wildman–Crippen MR) is 92.4 cm³/mol. The lowest BCUT2D eigenvalue weighted by molar-refractivity contribution is 0.0724. The van der Waals surface area contributed by atoms with Gasteiger partial charge in [-0.05, 0) is 30.2 Å². The molecule has 0 spiro atoms. The van der Waals surface area contributed by atoms with Gasteiger partial charge in [0.2, 0.25) is 16.8 Å². The Morgan fingerprint density at radius 1 is 1.12 bits per heavy atom. The van der Waals surface area contributed by atoms with Crippen molar-refractivity contribution < 1.29 is 28.1 Å². The first kappa shape index (κ1) is 17.3. The normalized spacial score (nSPS) is 23.6. The first-order valence-corrected chi connectivity index (χ1v) is 9.74. The molecule has 4 rings (SSSR count). The molecule has 2 atom stereocenters. The average Bonchev–Trinajstić information content (AvgIpc) is 3.11. The van der Waals surface area contributed by atoms with Crippen LogP contribution in [-0.2, 0) is 16.4 Å². The van der Waals surface area contributed by atoms with Crippen LogP contribution in [0.3, 0.4) is 0 Å². The van der Waals surface area contributed by atoms with E-state index >= 15 is 0 Å². The van der Waals surface area contributed by atoms with Crippen LogP contribution >= 0.6 is 0 Å². The van der Waals surface area contributed by atoms with Gasteiger partial charge in [-0.15, -0.1) is 0 Å². The number of aliphatic hydroxyl groups excluding tert-OH is 2. The van der Waals surface area contributed by atoms with Crippen LogP contribution in [0, 0.1) is 0 Å². The molecule has 0 amide bonds. The van der Waals surface area contributed by atoms with E-state index in [1.54, 1.807) is 30.3 Å². The van der Waals surface area contributed by atoms with Gasteiger partial charge in [-0.25, -0.2) is 8.42 Å². The molecule has 2 aromatic rings. The van der Waals surface area contributed by atoms with Crippen LogP contribution in [0.15, 0.2) is 47.4 Å². The maximum atomic E-state index is 13.0. The van der Waals surface area contributed by atoms with Crippen molar-refractivity contribution in [2.75, 3.05) is 19.9 Å². The highest BCUT2D eigenvalue weighted by molar-refractivity contribution is 7.89. The SMILES string of the molecule is O=S1(=O)c2ccccc2[C@@H](O)[C@@H](Cc2ccc3c(c2)OCO3)N1CCO. The number of fused-ring (bicyclic) bond motifs is 2. The standard InChI is InChI=1S/C18H19NO6S/c20-8-7-19-14(9-12-5-6-15-16(10-12)25-11-24-15)18(21)13-3-1-2-4-17(13)26(19,22)23/h1-6,10,14,18,20-21H,7-9,11H2/t14-,18-/m1/s1. The first-order chi connectivity index (χ1) is 12.5. The zero-order valence-electron chi connectivity index (χ0n) is 13.9. The lowest BCUT2D eigenvalue weighted by Gasteiger charge is -2.39. The molecule has 0 bridgehead atoms. The summed E-state index contributed by atoms with van der Waals surface area (Å²) < 4.78 is 37.8. The van der Waals surface area contributed by atoms with E-state index in [4.69, 9.17) is 9.47 Å². The molecule has 2 aliphatic rings. The van der Waals surface area contributed by atoms with Crippen molar-refractivity contribution in [2.24, 2.45) is 0 Å². The Morgan fingerprint density at radius 2 is 1.88 bits per heavy atom. The zero-order valence-corrected chi connectivity index (χ0v) is 14.7. The van der Waals surface area contributed by atoms with Gasteiger partial charge in [0.25, 0.3) is 0 Å². The van der Waals surface area contributed by atoms with Crippen LogP contribution in [0.25, 0.3) is 0 Å². The highest BCUT2D eigenvalue weighted by Crippen LogP contribution is 2.39. The van der Waals surface area contributed by atoms with Crippen LogP contribution in [-0.4, -0.2) is 48.9 Å². The molecule has 26 heavy (non-hydrogen) atoms. The molecular weight excluding hydrogens is 358 g/mol. The van der Waals surface area contributed by atoms with Crippen molar-refractivity contribution in [1.29, 1.82) is 0 Å². The Morgan fingerprint density at radius 3 is 2.69 bits per heavy atom. The number of hydrogen-bond donors (Lipinski definition) is 2. The van der Waals surface area contributed by atoms with Gasteiger partial charge in [-0.2, -0.15) is 4.31 Å². The minimum absolute atomic E-state index is 0.0804. The van der Waals surface area contributed by atoms with Gasteiger partial charge in [0.05, 0.1) is 23.6 Å². The molecule has 7 nitrogen and oxygen atoms in total. The number of benzene rings is 2. The summed E-state index contributed by atoms with van der Waals surface area (Å²) in [5, 5.41) is 20.2. The van der Waals surface area contributed by atoms with Gasteiger partial charge in [0.15, 0.2) is 11.5 Å². The molecule has 0 aliphatic carbocycles. The van der Waals surface area contributed by atoms with Gasteiger partial charge < -0.3 is 19.7 Å². The van der Waals surface area contributed by atoms with E-state index in [0.717, 1.165) is 5.56 Å². The van der Waals surface area contributed by atoms with Crippen molar-refractivity contribution in [3.8, 4) is 11.5 Å². The Labute approximate surface area is 151 Å². The lowest BCUT2D eigenvalue weighted by Crippen LogP contribution is -2.50. The van der Waals surface area contributed by atoms with Crippen LogP contribution in [0.5, 0.6) is 11.5 Å². The summed E-state index contributed by atoms with van der Waals surface area (Å²) in [6.07, 6.45) is -0.711. The Kier molecular flexibility index (Phi) is 4.36. The molecule has 2 aliphatic heterocycles. The van der Waals surface area contributed by atoms with E-state index in [0.29, 0.717) is 17.1 Å². The van der Waals surface area contributed by atoms with Gasteiger partial charge in [-0.1, -0.05) is 24.3 Å². The molecule has 0 saturated heterocycles. The molecule has 2 heterocycles. The van der Waals surface area contributed by atoms with Gasteiger partial charge in [-0.3, -0.25) is 0 Å². The fraction of sp³-hybridized carbons (Fsp3) is 0.333. The van der Waals surface area contributed by atoms with Crippen molar-refractivity contribution in [2.45, 2.75) is 23.5 Å². The largest absolute Gasteiger partial charge is 0.454 e. The molecule has 8 heteroatoms. The number of ether oxygens (including phenoxy) is 2. The second-order valence-corrected chi connectivity index (χ2v) is 8.14. The van der Waals surface area contributed by atoms with Crippen molar-refractivity contribution in [3.05, 3.63) is 53.6 Å². The summed E-state index contributed by atoms with van der Waals surface area (Å²) in [7, 11) is -3.80. The number of β-amino-alcohol motifs (C(OH)–C–C–N with tert-alkyl or cyclic N) is 1. The number of aliphatic hydroxyl groups is 2. The maximum Gasteiger partial charge on any atom is 0.243 e. The van der Waals surface area contributed by atoms with Crippen LogP contribution in [0.2, 0.25) is 0 Å². The quantitative estimate of drug-likeness (QED) is 0.827. The fourth-order valence-electron chi connectivity index (χ4n) is 3.54. The molecule has 0 aromatic heterocycles. The predicted octanol–water partition coefficient (Wildman–Crippen LogP) is 1.06. The summed E-state index contributed by atoms with van der Waals surface area (Å²) in [4.78, 5) is 0.0860. The molecular formula is C18H19NO6S. The maximum absolute atomic E-state index is 13.0. The minimum Gasteiger partial charge on any atom is -0.454 e. The topological polar surface area (TPSA) is 96.3 Å². The Bertz CT molecular complexity index is 929. The second kappa shape index (κ2) is 6.55. The Hall–Kier alpha value is -2.13. The summed E-state index contributed by atoms with van der Waals surface area (Å²) in [6.45, 7) is -0.252. The summed E-state index contributed by atoms with van der Waals surface area (Å²) in [6, 6.07) is 11.1. The number of nitrogens with zero attached hydrogens (tertiary/aromatic N) is 1. The first-order valence-electron chi connectivity index (χ1n) is 8.30. The van der Waals surface area contributed by atoms with E-state index in [1.807, 2.05) is 6.07 Å². The number of rotatable bonds is 4. The van der Waals surface area contributed by atoms with E-state index < -0.39 is 22.2 Å². The van der Waals surface area contributed by atoms with Crippen molar-refractivity contribution in [1.82, 2.24) is 4.31 Å². The van der Waals surface area contributed by atoms with Gasteiger partial charge >= 0.3 is 0 Å². The smallest absolute Gasteiger partial charge is 0.243 e. The van der Waals surface area contributed by atoms with Crippen molar-refractivity contribution >= 4 is 10.0 Å². The van der Waals surface area contributed by atoms with Crippen LogP contribution in [0.1, 0.15) is 17.2 Å². The Balaban J connectivity index is 1.74. The van der Waals surface area contributed by atoms with E-state index in [2.05, 4.69) is 0 Å². The molecule has 138 valence electrons. The van der Waals surface area contributed by atoms with Gasteiger partial charge in [0, 0.05) is 12.1 Å². The molecule has 0 saturated carbocycles. The minimum atomic E-state index is -3.80. The van der Waals surface area contributed by atoms with E-state index in [1.165, 1.54) is 10.4 Å². The van der Waals surface area contributed by atoms with Crippen LogP contribution < -0.4 is 9.47 Å². The van der Waals surface area contributed by atoms with E-state index in [9.17, 15) is 18.6 Å². The van der Waals surface area contributed by atoms with Crippen LogP contribution in [0.4, 0.5) is 0 Å². The highest BCUT2D eigenvalue weighted by Gasteiger charge is 2.43. The molecule has 0 unspecified atom stereocenters. The third-order valence-electron chi connectivity index (χ3n) is 4.76. The fourth-order valence-corrected chi connectivity index (χ4v) is 5.39. The lowest BCUT2D eigenvalue weighted by atomic mass is 9.95. The summed E-state index contributed by atoms with van der Waals surface area (Å²) in [5.41, 5.74) is 1.20. The molecule has 2 aromatic carbocycles. The summed E-state index contributed by atoms with van der Waals surface area (Å²) in [5.74, 6) is 1.24.